The lowest BCUT2D eigenvalue weighted by Crippen LogP contribution is -2.56. The Morgan fingerprint density at radius 2 is 1.81 bits per heavy atom. The fourth-order valence-electron chi connectivity index (χ4n) is 4.98. The third-order valence-corrected chi connectivity index (χ3v) is 7.21. The minimum absolute atomic E-state index is 0.126. The zero-order chi connectivity index (χ0) is 30.0. The van der Waals surface area contributed by atoms with E-state index in [9.17, 15) is 9.59 Å². The molecule has 1 saturated heterocycles. The highest BCUT2D eigenvalue weighted by atomic mass is 16.6. The van der Waals surface area contributed by atoms with Gasteiger partial charge in [0.2, 0.25) is 11.9 Å². The van der Waals surface area contributed by atoms with Crippen LogP contribution in [0.4, 0.5) is 10.6 Å². The molecule has 0 aliphatic carbocycles. The van der Waals surface area contributed by atoms with E-state index in [0.29, 0.717) is 55.9 Å². The highest BCUT2D eigenvalue weighted by Gasteiger charge is 2.33. The first-order chi connectivity index (χ1) is 21.0. The van der Waals surface area contributed by atoms with E-state index in [1.165, 1.54) is 0 Å². The Labute approximate surface area is 250 Å². The van der Waals surface area contributed by atoms with E-state index in [-0.39, 0.29) is 25.0 Å². The lowest BCUT2D eigenvalue weighted by atomic mass is 10.1. The first-order valence-corrected chi connectivity index (χ1v) is 14.1. The second-order valence-electron chi connectivity index (χ2n) is 10.0. The normalized spacial score (nSPS) is 14.7. The van der Waals surface area contributed by atoms with E-state index in [1.54, 1.807) is 48.6 Å². The molecule has 0 spiro atoms. The van der Waals surface area contributed by atoms with E-state index < -0.39 is 6.09 Å². The van der Waals surface area contributed by atoms with Crippen LogP contribution in [0.1, 0.15) is 17.5 Å². The van der Waals surface area contributed by atoms with Crippen molar-refractivity contribution in [2.75, 3.05) is 45.3 Å². The van der Waals surface area contributed by atoms with Gasteiger partial charge in [-0.2, -0.15) is 4.98 Å². The number of aromatic nitrogens is 4. The predicted octanol–water partition coefficient (Wildman–Crippen LogP) is 3.26. The van der Waals surface area contributed by atoms with E-state index in [0.717, 1.165) is 11.1 Å². The van der Waals surface area contributed by atoms with Gasteiger partial charge in [0, 0.05) is 51.2 Å². The first-order valence-electron chi connectivity index (χ1n) is 14.1. The number of ether oxygens (including phenoxy) is 3. The summed E-state index contributed by atoms with van der Waals surface area (Å²) in [6.45, 7) is 1.84. The van der Waals surface area contributed by atoms with Crippen LogP contribution in [0.15, 0.2) is 79.5 Å². The maximum atomic E-state index is 13.2. The maximum absolute atomic E-state index is 13.2. The fourth-order valence-corrected chi connectivity index (χ4v) is 4.98. The number of imidazole rings is 1. The van der Waals surface area contributed by atoms with E-state index in [2.05, 4.69) is 20.2 Å². The lowest BCUT2D eigenvalue weighted by Gasteiger charge is -2.41. The Kier molecular flexibility index (Phi) is 9.67. The molecule has 4 aromatic rings. The first kappa shape index (κ1) is 29.4. The number of carbonyl (C=O) groups excluding carboxylic acids is 2. The van der Waals surface area contributed by atoms with Gasteiger partial charge in [-0.05, 0) is 35.7 Å². The van der Waals surface area contributed by atoms with Crippen molar-refractivity contribution in [2.24, 2.45) is 0 Å². The summed E-state index contributed by atoms with van der Waals surface area (Å²) in [5.41, 5.74) is 1.92. The summed E-state index contributed by atoms with van der Waals surface area (Å²) in [5, 5.41) is 3.02. The molecule has 2 aromatic heterocycles. The molecule has 1 fully saturated rings. The standard InChI is InChI=1S/C31H35N7O5/c1-41-26-9-8-23(18-27(26)42-2)10-12-33-29(39)19-25-20-36(31(40)43-21-24-6-4-3-5-7-24)16-17-38(25)28-11-13-34-30(35-28)37-15-14-32-22-37/h3-9,11,13-15,18,22,25H,10,12,16-17,19-21H2,1-2H3,(H,33,39). The maximum Gasteiger partial charge on any atom is 0.410 e. The zero-order valence-electron chi connectivity index (χ0n) is 24.3. The van der Waals surface area contributed by atoms with Crippen molar-refractivity contribution in [3.63, 3.8) is 0 Å². The molecular formula is C31H35N7O5. The third-order valence-electron chi connectivity index (χ3n) is 7.21. The van der Waals surface area contributed by atoms with Gasteiger partial charge in [0.25, 0.3) is 0 Å². The molecule has 43 heavy (non-hydrogen) atoms. The predicted molar refractivity (Wildman–Crippen MR) is 159 cm³/mol. The zero-order valence-corrected chi connectivity index (χ0v) is 24.3. The van der Waals surface area contributed by atoms with Gasteiger partial charge in [-0.3, -0.25) is 9.36 Å². The Bertz CT molecular complexity index is 1500. The third kappa shape index (κ3) is 7.59. The molecule has 1 aliphatic heterocycles. The Morgan fingerprint density at radius 1 is 0.977 bits per heavy atom. The van der Waals surface area contributed by atoms with E-state index in [4.69, 9.17) is 19.2 Å². The van der Waals surface area contributed by atoms with Crippen molar-refractivity contribution in [3.8, 4) is 17.4 Å². The minimum Gasteiger partial charge on any atom is -0.493 e. The summed E-state index contributed by atoms with van der Waals surface area (Å²) < 4.78 is 18.0. The molecule has 5 rings (SSSR count). The number of benzene rings is 2. The molecule has 2 amide bonds. The number of nitrogens with zero attached hydrogens (tertiary/aromatic N) is 6. The van der Waals surface area contributed by atoms with Crippen LogP contribution < -0.4 is 19.7 Å². The van der Waals surface area contributed by atoms with Crippen LogP contribution in [0, 0.1) is 0 Å². The Hall–Kier alpha value is -5.13. The van der Waals surface area contributed by atoms with Crippen molar-refractivity contribution in [2.45, 2.75) is 25.5 Å². The molecule has 224 valence electrons. The van der Waals surface area contributed by atoms with Gasteiger partial charge >= 0.3 is 6.09 Å². The minimum atomic E-state index is -0.413. The smallest absolute Gasteiger partial charge is 0.410 e. The summed E-state index contributed by atoms with van der Waals surface area (Å²) in [5.74, 6) is 2.31. The molecular weight excluding hydrogens is 550 g/mol. The average Bonchev–Trinajstić information content (AvgIpc) is 3.59. The topological polar surface area (TPSA) is 124 Å². The molecule has 2 aromatic carbocycles. The molecule has 3 heterocycles. The number of anilines is 1. The molecule has 0 saturated carbocycles. The van der Waals surface area contributed by atoms with Crippen molar-refractivity contribution < 1.29 is 23.8 Å². The van der Waals surface area contributed by atoms with E-state index in [1.807, 2.05) is 54.6 Å². The summed E-state index contributed by atoms with van der Waals surface area (Å²) in [4.78, 5) is 43.1. The number of methoxy groups -OCH3 is 2. The van der Waals surface area contributed by atoms with Crippen molar-refractivity contribution in [3.05, 3.63) is 90.6 Å². The molecule has 1 aliphatic rings. The monoisotopic (exact) mass is 585 g/mol. The SMILES string of the molecule is COc1ccc(CCNC(=O)CC2CN(C(=O)OCc3ccccc3)CCN2c2ccnc(-n3ccnc3)n2)cc1OC. The lowest BCUT2D eigenvalue weighted by molar-refractivity contribution is -0.121. The number of piperazine rings is 1. The van der Waals surface area contributed by atoms with Crippen LogP contribution in [0.3, 0.4) is 0 Å². The van der Waals surface area contributed by atoms with Crippen molar-refractivity contribution in [1.29, 1.82) is 0 Å². The van der Waals surface area contributed by atoms with Gasteiger partial charge in [0.05, 0.1) is 20.3 Å². The van der Waals surface area contributed by atoms with Crippen LogP contribution in [0.25, 0.3) is 5.95 Å². The summed E-state index contributed by atoms with van der Waals surface area (Å²) >= 11 is 0. The van der Waals surface area contributed by atoms with Crippen molar-refractivity contribution >= 4 is 17.8 Å². The van der Waals surface area contributed by atoms with Crippen LogP contribution in [0.5, 0.6) is 11.5 Å². The van der Waals surface area contributed by atoms with Gasteiger partial charge < -0.3 is 29.3 Å². The van der Waals surface area contributed by atoms with Crippen LogP contribution >= 0.6 is 0 Å². The largest absolute Gasteiger partial charge is 0.493 e. The molecule has 12 heteroatoms. The quantitative estimate of drug-likeness (QED) is 0.282. The highest BCUT2D eigenvalue weighted by Crippen LogP contribution is 2.27. The summed E-state index contributed by atoms with van der Waals surface area (Å²) in [6, 6.07) is 16.7. The molecule has 1 atom stereocenters. The Balaban J connectivity index is 1.25. The van der Waals surface area contributed by atoms with Gasteiger partial charge in [-0.25, -0.2) is 14.8 Å². The van der Waals surface area contributed by atoms with Crippen LogP contribution in [-0.4, -0.2) is 82.9 Å². The average molecular weight is 586 g/mol. The summed E-state index contributed by atoms with van der Waals surface area (Å²) in [6.07, 6.45) is 7.11. The second kappa shape index (κ2) is 14.2. The van der Waals surface area contributed by atoms with Gasteiger partial charge in [0.15, 0.2) is 11.5 Å². The highest BCUT2D eigenvalue weighted by molar-refractivity contribution is 5.77. The van der Waals surface area contributed by atoms with Gasteiger partial charge in [-0.1, -0.05) is 36.4 Å². The molecule has 12 nitrogen and oxygen atoms in total. The summed E-state index contributed by atoms with van der Waals surface area (Å²) in [7, 11) is 3.19. The van der Waals surface area contributed by atoms with Gasteiger partial charge in [0.1, 0.15) is 18.8 Å². The van der Waals surface area contributed by atoms with Gasteiger partial charge in [-0.15, -0.1) is 0 Å². The molecule has 1 N–H and O–H groups in total. The second-order valence-corrected chi connectivity index (χ2v) is 10.0. The number of hydrogen-bond acceptors (Lipinski definition) is 9. The van der Waals surface area contributed by atoms with Crippen molar-refractivity contribution in [1.82, 2.24) is 29.7 Å². The number of carbonyl (C=O) groups is 2. The molecule has 1 unspecified atom stereocenters. The fraction of sp³-hybridized carbons (Fsp3) is 0.323. The number of amides is 2. The van der Waals surface area contributed by atoms with Crippen LogP contribution in [0.2, 0.25) is 0 Å². The number of rotatable bonds is 11. The Morgan fingerprint density at radius 3 is 2.58 bits per heavy atom. The van der Waals surface area contributed by atoms with Crippen LogP contribution in [-0.2, 0) is 22.6 Å². The molecule has 0 radical (unpaired) electrons. The number of hydrogen-bond donors (Lipinski definition) is 1. The molecule has 0 bridgehead atoms. The van der Waals surface area contributed by atoms with E-state index >= 15 is 0 Å². The number of nitrogens with one attached hydrogen (secondary N) is 1.